The van der Waals surface area contributed by atoms with Gasteiger partial charge in [0.05, 0.1) is 6.61 Å². The molecule has 1 unspecified atom stereocenters. The van der Waals surface area contributed by atoms with E-state index in [1.54, 1.807) is 0 Å². The van der Waals surface area contributed by atoms with Crippen molar-refractivity contribution in [1.29, 1.82) is 0 Å². The first-order valence-electron chi connectivity index (χ1n) is 5.54. The highest BCUT2D eigenvalue weighted by molar-refractivity contribution is 5.75. The predicted octanol–water partition coefficient (Wildman–Crippen LogP) is 2.06. The molecule has 1 atom stereocenters. The van der Waals surface area contributed by atoms with Crippen LogP contribution in [0.4, 0.5) is 0 Å². The van der Waals surface area contributed by atoms with E-state index in [0.717, 1.165) is 25.8 Å². The molecule has 0 aliphatic heterocycles. The van der Waals surface area contributed by atoms with Crippen LogP contribution in [0.25, 0.3) is 0 Å². The monoisotopic (exact) mass is 201 g/mol. The molecule has 3 heteroatoms. The third-order valence-corrected chi connectivity index (χ3v) is 2.34. The maximum atomic E-state index is 11.5. The Bertz CT molecular complexity index is 159. The molecule has 0 aromatic rings. The Labute approximate surface area is 87.4 Å². The quantitative estimate of drug-likeness (QED) is 0.590. The van der Waals surface area contributed by atoms with Gasteiger partial charge in [0.25, 0.3) is 0 Å². The van der Waals surface area contributed by atoms with Crippen LogP contribution in [-0.4, -0.2) is 37.1 Å². The summed E-state index contributed by atoms with van der Waals surface area (Å²) in [6.07, 6.45) is 3.11. The second kappa shape index (κ2) is 7.80. The van der Waals surface area contributed by atoms with E-state index in [9.17, 15) is 4.79 Å². The molecule has 0 aliphatic carbocycles. The molecule has 0 heterocycles. The van der Waals surface area contributed by atoms with Gasteiger partial charge in [0.15, 0.2) is 0 Å². The third kappa shape index (κ3) is 4.61. The number of unbranched alkanes of at least 4 members (excludes halogenated alkanes) is 1. The Hall–Kier alpha value is -0.570. The number of carbonyl (C=O) groups excluding carboxylic acids is 1. The highest BCUT2D eigenvalue weighted by Crippen LogP contribution is 2.05. The zero-order valence-electron chi connectivity index (χ0n) is 9.88. The van der Waals surface area contributed by atoms with Crippen molar-refractivity contribution < 1.29 is 9.53 Å². The molecule has 0 saturated heterocycles. The number of esters is 1. The zero-order chi connectivity index (χ0) is 11.0. The number of ether oxygens (including phenoxy) is 1. The fraction of sp³-hybridized carbons (Fsp3) is 0.909. The number of nitrogens with zero attached hydrogens (tertiary/aromatic N) is 1. The molecule has 14 heavy (non-hydrogen) atoms. The largest absolute Gasteiger partial charge is 0.465 e. The topological polar surface area (TPSA) is 29.5 Å². The SMILES string of the molecule is CCCCN(C)C(CC)C(=O)OCC. The molecule has 0 saturated carbocycles. The van der Waals surface area contributed by atoms with E-state index < -0.39 is 0 Å². The van der Waals surface area contributed by atoms with Crippen molar-refractivity contribution in [2.45, 2.75) is 46.1 Å². The maximum absolute atomic E-state index is 11.5. The molecule has 0 aromatic carbocycles. The number of carbonyl (C=O) groups is 1. The number of rotatable bonds is 7. The molecule has 0 aromatic heterocycles. The zero-order valence-corrected chi connectivity index (χ0v) is 9.88. The molecule has 0 fully saturated rings. The third-order valence-electron chi connectivity index (χ3n) is 2.34. The molecule has 84 valence electrons. The molecule has 0 rings (SSSR count). The van der Waals surface area contributed by atoms with Gasteiger partial charge in [0.1, 0.15) is 6.04 Å². The smallest absolute Gasteiger partial charge is 0.323 e. The van der Waals surface area contributed by atoms with E-state index in [1.807, 2.05) is 20.9 Å². The number of hydrogen-bond acceptors (Lipinski definition) is 3. The number of likely N-dealkylation sites (N-methyl/N-ethyl adjacent to an activating group) is 1. The van der Waals surface area contributed by atoms with Crippen molar-refractivity contribution in [3.63, 3.8) is 0 Å². The first-order valence-corrected chi connectivity index (χ1v) is 5.54. The standard InChI is InChI=1S/C11H23NO2/c1-5-8-9-12(4)10(6-2)11(13)14-7-3/h10H,5-9H2,1-4H3. The van der Waals surface area contributed by atoms with E-state index in [0.29, 0.717) is 6.61 Å². The summed E-state index contributed by atoms with van der Waals surface area (Å²) in [5.74, 6) is -0.0893. The van der Waals surface area contributed by atoms with Gasteiger partial charge in [-0.05, 0) is 33.4 Å². The van der Waals surface area contributed by atoms with E-state index in [-0.39, 0.29) is 12.0 Å². The summed E-state index contributed by atoms with van der Waals surface area (Å²) in [5, 5.41) is 0. The Morgan fingerprint density at radius 2 is 2.00 bits per heavy atom. The van der Waals surface area contributed by atoms with Gasteiger partial charge in [0.2, 0.25) is 0 Å². The van der Waals surface area contributed by atoms with Gasteiger partial charge in [-0.3, -0.25) is 9.69 Å². The molecular weight excluding hydrogens is 178 g/mol. The van der Waals surface area contributed by atoms with E-state index in [2.05, 4.69) is 11.8 Å². The molecule has 0 N–H and O–H groups in total. The fourth-order valence-corrected chi connectivity index (χ4v) is 1.46. The summed E-state index contributed by atoms with van der Waals surface area (Å²) in [6.45, 7) is 7.45. The molecule has 0 bridgehead atoms. The Morgan fingerprint density at radius 1 is 1.36 bits per heavy atom. The Morgan fingerprint density at radius 3 is 2.43 bits per heavy atom. The van der Waals surface area contributed by atoms with Crippen LogP contribution < -0.4 is 0 Å². The van der Waals surface area contributed by atoms with Crippen molar-refractivity contribution in [1.82, 2.24) is 4.90 Å². The summed E-state index contributed by atoms with van der Waals surface area (Å²) in [4.78, 5) is 13.6. The van der Waals surface area contributed by atoms with Crippen LogP contribution in [0.15, 0.2) is 0 Å². The van der Waals surface area contributed by atoms with Crippen LogP contribution >= 0.6 is 0 Å². The highest BCUT2D eigenvalue weighted by atomic mass is 16.5. The van der Waals surface area contributed by atoms with Crippen LogP contribution in [-0.2, 0) is 9.53 Å². The molecule has 0 spiro atoms. The van der Waals surface area contributed by atoms with Crippen LogP contribution in [0.2, 0.25) is 0 Å². The summed E-state index contributed by atoms with van der Waals surface area (Å²) < 4.78 is 5.02. The van der Waals surface area contributed by atoms with Gasteiger partial charge in [-0.1, -0.05) is 20.3 Å². The predicted molar refractivity (Wildman–Crippen MR) is 58.3 cm³/mol. The van der Waals surface area contributed by atoms with Crippen LogP contribution in [0, 0.1) is 0 Å². The average molecular weight is 201 g/mol. The van der Waals surface area contributed by atoms with E-state index >= 15 is 0 Å². The molecular formula is C11H23NO2. The van der Waals surface area contributed by atoms with Crippen LogP contribution in [0.5, 0.6) is 0 Å². The van der Waals surface area contributed by atoms with Crippen LogP contribution in [0.1, 0.15) is 40.0 Å². The molecule has 0 radical (unpaired) electrons. The minimum atomic E-state index is -0.0893. The van der Waals surface area contributed by atoms with Crippen molar-refractivity contribution in [2.24, 2.45) is 0 Å². The number of hydrogen-bond donors (Lipinski definition) is 0. The normalized spacial score (nSPS) is 12.9. The molecule has 0 aliphatic rings. The lowest BCUT2D eigenvalue weighted by molar-refractivity contribution is -0.149. The van der Waals surface area contributed by atoms with Crippen molar-refractivity contribution >= 4 is 5.97 Å². The molecule has 3 nitrogen and oxygen atoms in total. The lowest BCUT2D eigenvalue weighted by Crippen LogP contribution is -2.39. The highest BCUT2D eigenvalue weighted by Gasteiger charge is 2.21. The van der Waals surface area contributed by atoms with E-state index in [1.165, 1.54) is 0 Å². The summed E-state index contributed by atoms with van der Waals surface area (Å²) in [5.41, 5.74) is 0. The van der Waals surface area contributed by atoms with Gasteiger partial charge in [-0.2, -0.15) is 0 Å². The second-order valence-corrected chi connectivity index (χ2v) is 3.51. The first-order chi connectivity index (χ1) is 6.67. The summed E-state index contributed by atoms with van der Waals surface area (Å²) >= 11 is 0. The van der Waals surface area contributed by atoms with Crippen LogP contribution in [0.3, 0.4) is 0 Å². The second-order valence-electron chi connectivity index (χ2n) is 3.51. The van der Waals surface area contributed by atoms with Crippen molar-refractivity contribution in [2.75, 3.05) is 20.2 Å². The lowest BCUT2D eigenvalue weighted by atomic mass is 10.2. The van der Waals surface area contributed by atoms with Gasteiger partial charge in [0, 0.05) is 0 Å². The van der Waals surface area contributed by atoms with E-state index in [4.69, 9.17) is 4.74 Å². The average Bonchev–Trinajstić information content (AvgIpc) is 2.16. The van der Waals surface area contributed by atoms with Gasteiger partial charge in [-0.25, -0.2) is 0 Å². The first kappa shape index (κ1) is 13.4. The maximum Gasteiger partial charge on any atom is 0.323 e. The molecule has 0 amide bonds. The summed E-state index contributed by atoms with van der Waals surface area (Å²) in [6, 6.07) is -0.0681. The van der Waals surface area contributed by atoms with Gasteiger partial charge < -0.3 is 4.74 Å². The fourth-order valence-electron chi connectivity index (χ4n) is 1.46. The minimum Gasteiger partial charge on any atom is -0.465 e. The lowest BCUT2D eigenvalue weighted by Gasteiger charge is -2.24. The van der Waals surface area contributed by atoms with Crippen molar-refractivity contribution in [3.05, 3.63) is 0 Å². The Kier molecular flexibility index (Phi) is 7.48. The van der Waals surface area contributed by atoms with Crippen molar-refractivity contribution in [3.8, 4) is 0 Å². The Balaban J connectivity index is 4.03. The minimum absolute atomic E-state index is 0.0681. The summed E-state index contributed by atoms with van der Waals surface area (Å²) in [7, 11) is 1.99. The van der Waals surface area contributed by atoms with Gasteiger partial charge in [-0.15, -0.1) is 0 Å². The van der Waals surface area contributed by atoms with Gasteiger partial charge >= 0.3 is 5.97 Å².